The molecular weight excluding hydrogens is 473 g/mol. The number of carbonyl (C=O) groups is 1. The number of aromatic amines is 1. The molecule has 1 aromatic carbocycles. The highest BCUT2D eigenvalue weighted by Gasteiger charge is 2.28. The summed E-state index contributed by atoms with van der Waals surface area (Å²) in [6.07, 6.45) is 4.06. The lowest BCUT2D eigenvalue weighted by atomic mass is 10.1. The summed E-state index contributed by atoms with van der Waals surface area (Å²) in [6.45, 7) is 2.82. The Balaban J connectivity index is 1.39. The molecule has 184 valence electrons. The number of amides is 1. The molecule has 1 aliphatic heterocycles. The van der Waals surface area contributed by atoms with Crippen LogP contribution in [0.2, 0.25) is 0 Å². The van der Waals surface area contributed by atoms with E-state index in [1.807, 2.05) is 0 Å². The van der Waals surface area contributed by atoms with Crippen molar-refractivity contribution < 1.29 is 17.6 Å². The Hall–Kier alpha value is -3.44. The minimum absolute atomic E-state index is 0.0242. The van der Waals surface area contributed by atoms with Crippen molar-refractivity contribution in [3.63, 3.8) is 0 Å². The van der Waals surface area contributed by atoms with Crippen LogP contribution in [0.25, 0.3) is 11.4 Å². The molecule has 11 heteroatoms. The normalized spacial score (nSPS) is 15.1. The first-order chi connectivity index (χ1) is 16.8. The van der Waals surface area contributed by atoms with Gasteiger partial charge in [-0.25, -0.2) is 17.8 Å². The number of halogens is 1. The first-order valence-corrected chi connectivity index (χ1v) is 12.7. The molecule has 0 unspecified atom stereocenters. The number of sulfonamides is 1. The quantitative estimate of drug-likeness (QED) is 0.556. The first kappa shape index (κ1) is 24.7. The molecule has 1 saturated heterocycles. The second-order valence-electron chi connectivity index (χ2n) is 8.31. The van der Waals surface area contributed by atoms with E-state index >= 15 is 0 Å². The van der Waals surface area contributed by atoms with Crippen molar-refractivity contribution in [1.82, 2.24) is 24.2 Å². The summed E-state index contributed by atoms with van der Waals surface area (Å²) in [4.78, 5) is 38.4. The van der Waals surface area contributed by atoms with E-state index in [0.29, 0.717) is 30.0 Å². The van der Waals surface area contributed by atoms with E-state index in [1.165, 1.54) is 16.4 Å². The maximum atomic E-state index is 13.2. The highest BCUT2D eigenvalue weighted by molar-refractivity contribution is 7.89. The minimum atomic E-state index is -3.77. The number of nitrogens with zero attached hydrogens (tertiary/aromatic N) is 4. The largest absolute Gasteiger partial charge is 0.341 e. The summed E-state index contributed by atoms with van der Waals surface area (Å²) in [5.74, 6) is -0.212. The highest BCUT2D eigenvalue weighted by atomic mass is 32.2. The molecule has 0 spiro atoms. The Morgan fingerprint density at radius 3 is 2.46 bits per heavy atom. The Bertz CT molecular complexity index is 1360. The standard InChI is InChI=1S/C24H26FN5O4S/c1-17-21(24(32)28-23(27-17)18-9-11-26-12-10-18)7-8-22(31)29-13-2-14-30(16-15-29)35(33,34)20-5-3-19(25)4-6-20/h3-6,9-12H,2,7-8,13-16H2,1H3,(H,27,28,32). The summed E-state index contributed by atoms with van der Waals surface area (Å²) in [6, 6.07) is 8.21. The molecule has 0 saturated carbocycles. The molecule has 1 N–H and O–H groups in total. The zero-order valence-electron chi connectivity index (χ0n) is 19.3. The van der Waals surface area contributed by atoms with Gasteiger partial charge < -0.3 is 9.88 Å². The maximum absolute atomic E-state index is 13.2. The van der Waals surface area contributed by atoms with E-state index in [9.17, 15) is 22.4 Å². The molecule has 3 heterocycles. The Morgan fingerprint density at radius 2 is 1.77 bits per heavy atom. The van der Waals surface area contributed by atoms with Crippen LogP contribution >= 0.6 is 0 Å². The molecule has 9 nitrogen and oxygen atoms in total. The minimum Gasteiger partial charge on any atom is -0.341 e. The molecule has 1 aliphatic rings. The van der Waals surface area contributed by atoms with Crippen LogP contribution in [0.3, 0.4) is 0 Å². The van der Waals surface area contributed by atoms with Crippen molar-refractivity contribution in [2.24, 2.45) is 0 Å². The molecular formula is C24H26FN5O4S. The van der Waals surface area contributed by atoms with Gasteiger partial charge in [0.05, 0.1) is 4.90 Å². The lowest BCUT2D eigenvalue weighted by Crippen LogP contribution is -2.37. The molecule has 35 heavy (non-hydrogen) atoms. The van der Waals surface area contributed by atoms with Gasteiger partial charge in [-0.3, -0.25) is 14.6 Å². The van der Waals surface area contributed by atoms with Crippen LogP contribution in [0, 0.1) is 12.7 Å². The molecule has 0 radical (unpaired) electrons. The fourth-order valence-corrected chi connectivity index (χ4v) is 5.55. The number of rotatable bonds is 6. The van der Waals surface area contributed by atoms with Crippen molar-refractivity contribution in [2.45, 2.75) is 31.1 Å². The Kier molecular flexibility index (Phi) is 7.37. The number of H-pyrrole nitrogens is 1. The third-order valence-corrected chi connectivity index (χ3v) is 7.94. The van der Waals surface area contributed by atoms with Crippen LogP contribution in [-0.4, -0.2) is 64.7 Å². The SMILES string of the molecule is Cc1nc(-c2ccncc2)[nH]c(=O)c1CCC(=O)N1CCCN(S(=O)(=O)c2ccc(F)cc2)CC1. The monoisotopic (exact) mass is 499 g/mol. The fraction of sp³-hybridized carbons (Fsp3) is 0.333. The van der Waals surface area contributed by atoms with Crippen molar-refractivity contribution in [1.29, 1.82) is 0 Å². The van der Waals surface area contributed by atoms with Crippen molar-refractivity contribution in [2.75, 3.05) is 26.2 Å². The third-order valence-electron chi connectivity index (χ3n) is 6.02. The van der Waals surface area contributed by atoms with Gasteiger partial charge in [-0.15, -0.1) is 0 Å². The van der Waals surface area contributed by atoms with Crippen LogP contribution < -0.4 is 5.56 Å². The van der Waals surface area contributed by atoms with Gasteiger partial charge in [0.25, 0.3) is 5.56 Å². The predicted molar refractivity (Wildman–Crippen MR) is 128 cm³/mol. The van der Waals surface area contributed by atoms with Crippen molar-refractivity contribution in [3.05, 3.63) is 76.2 Å². The smallest absolute Gasteiger partial charge is 0.254 e. The van der Waals surface area contributed by atoms with E-state index in [1.54, 1.807) is 36.4 Å². The average molecular weight is 500 g/mol. The van der Waals surface area contributed by atoms with Crippen LogP contribution in [0.1, 0.15) is 24.1 Å². The number of nitrogens with one attached hydrogen (secondary N) is 1. The van der Waals surface area contributed by atoms with Gasteiger partial charge in [0, 0.05) is 61.8 Å². The first-order valence-electron chi connectivity index (χ1n) is 11.3. The molecule has 1 fully saturated rings. The summed E-state index contributed by atoms with van der Waals surface area (Å²) in [5.41, 5.74) is 1.46. The summed E-state index contributed by atoms with van der Waals surface area (Å²) in [7, 11) is -3.77. The molecule has 0 aliphatic carbocycles. The molecule has 2 aromatic heterocycles. The van der Waals surface area contributed by atoms with Gasteiger partial charge in [-0.2, -0.15) is 4.31 Å². The van der Waals surface area contributed by atoms with Crippen LogP contribution in [0.4, 0.5) is 4.39 Å². The third kappa shape index (κ3) is 5.63. The van der Waals surface area contributed by atoms with E-state index in [2.05, 4.69) is 15.0 Å². The van der Waals surface area contributed by atoms with Gasteiger partial charge in [-0.05, 0) is 56.2 Å². The van der Waals surface area contributed by atoms with E-state index in [4.69, 9.17) is 0 Å². The molecule has 1 amide bonds. The number of hydrogen-bond acceptors (Lipinski definition) is 6. The van der Waals surface area contributed by atoms with E-state index in [0.717, 1.165) is 17.7 Å². The molecule has 0 bridgehead atoms. The van der Waals surface area contributed by atoms with E-state index in [-0.39, 0.29) is 48.8 Å². The van der Waals surface area contributed by atoms with Gasteiger partial charge in [0.1, 0.15) is 11.6 Å². The topological polar surface area (TPSA) is 116 Å². The van der Waals surface area contributed by atoms with Gasteiger partial charge >= 0.3 is 0 Å². The number of aromatic nitrogens is 3. The number of benzene rings is 1. The fourth-order valence-electron chi connectivity index (χ4n) is 4.08. The average Bonchev–Trinajstić information content (AvgIpc) is 3.11. The number of aryl methyl sites for hydroxylation is 1. The molecule has 4 rings (SSSR count). The van der Waals surface area contributed by atoms with Crippen LogP contribution in [0.5, 0.6) is 0 Å². The van der Waals surface area contributed by atoms with Crippen LogP contribution in [-0.2, 0) is 21.2 Å². The Morgan fingerprint density at radius 1 is 1.06 bits per heavy atom. The number of pyridine rings is 1. The van der Waals surface area contributed by atoms with Gasteiger partial charge in [0.2, 0.25) is 15.9 Å². The lowest BCUT2D eigenvalue weighted by molar-refractivity contribution is -0.131. The lowest BCUT2D eigenvalue weighted by Gasteiger charge is -2.22. The number of carbonyl (C=O) groups excluding carboxylic acids is 1. The zero-order chi connectivity index (χ0) is 25.0. The summed E-state index contributed by atoms with van der Waals surface area (Å²) >= 11 is 0. The predicted octanol–water partition coefficient (Wildman–Crippen LogP) is 2.14. The summed E-state index contributed by atoms with van der Waals surface area (Å²) in [5, 5.41) is 0. The Labute approximate surface area is 202 Å². The second-order valence-corrected chi connectivity index (χ2v) is 10.2. The second kappa shape index (κ2) is 10.4. The van der Waals surface area contributed by atoms with Crippen LogP contribution in [0.15, 0.2) is 58.5 Å². The number of hydrogen-bond donors (Lipinski definition) is 1. The molecule has 0 atom stereocenters. The zero-order valence-corrected chi connectivity index (χ0v) is 20.1. The summed E-state index contributed by atoms with van der Waals surface area (Å²) < 4.78 is 40.3. The van der Waals surface area contributed by atoms with E-state index < -0.39 is 15.8 Å². The highest BCUT2D eigenvalue weighted by Crippen LogP contribution is 2.19. The maximum Gasteiger partial charge on any atom is 0.254 e. The van der Waals surface area contributed by atoms with Gasteiger partial charge in [0.15, 0.2) is 0 Å². The van der Waals surface area contributed by atoms with Crippen molar-refractivity contribution >= 4 is 15.9 Å². The van der Waals surface area contributed by atoms with Gasteiger partial charge in [-0.1, -0.05) is 0 Å². The molecule has 3 aromatic rings. The van der Waals surface area contributed by atoms with Crippen molar-refractivity contribution in [3.8, 4) is 11.4 Å².